The second-order valence-electron chi connectivity index (χ2n) is 5.50. The molecule has 1 saturated heterocycles. The number of benzene rings is 1. The fourth-order valence-electron chi connectivity index (χ4n) is 2.88. The number of nitro benzene ring substituents is 1. The van der Waals surface area contributed by atoms with E-state index in [0.717, 1.165) is 5.56 Å². The van der Waals surface area contributed by atoms with E-state index in [1.165, 1.54) is 12.1 Å². The summed E-state index contributed by atoms with van der Waals surface area (Å²) in [6.45, 7) is 5.95. The van der Waals surface area contributed by atoms with Crippen LogP contribution in [0.2, 0.25) is 0 Å². The lowest BCUT2D eigenvalue weighted by Gasteiger charge is -2.17. The number of hydrogen-bond acceptors (Lipinski definition) is 4. The Hall–Kier alpha value is -1.75. The molecule has 0 aromatic heterocycles. The zero-order valence-corrected chi connectivity index (χ0v) is 11.9. The Morgan fingerprint density at radius 2 is 1.80 bits per heavy atom. The summed E-state index contributed by atoms with van der Waals surface area (Å²) in [5.74, 6) is 0.249. The summed E-state index contributed by atoms with van der Waals surface area (Å²) in [5, 5.41) is 10.6. The lowest BCUT2D eigenvalue weighted by Crippen LogP contribution is -2.28. The number of nitrogens with zero attached hydrogens (tertiary/aromatic N) is 1. The monoisotopic (exact) mass is 277 g/mol. The molecule has 0 N–H and O–H groups in total. The van der Waals surface area contributed by atoms with Crippen molar-refractivity contribution in [2.24, 2.45) is 11.8 Å². The molecule has 5 nitrogen and oxygen atoms in total. The zero-order valence-electron chi connectivity index (χ0n) is 11.9. The molecule has 5 heteroatoms. The molecule has 0 spiro atoms. The van der Waals surface area contributed by atoms with Crippen molar-refractivity contribution in [3.05, 3.63) is 39.9 Å². The van der Waals surface area contributed by atoms with Crippen molar-refractivity contribution >= 4 is 11.5 Å². The molecule has 1 aromatic carbocycles. The largest absolute Gasteiger partial charge is 0.375 e. The van der Waals surface area contributed by atoms with Crippen LogP contribution < -0.4 is 0 Å². The highest BCUT2D eigenvalue weighted by molar-refractivity contribution is 5.84. The molecule has 2 rings (SSSR count). The lowest BCUT2D eigenvalue weighted by atomic mass is 9.84. The van der Waals surface area contributed by atoms with Crippen LogP contribution >= 0.6 is 0 Å². The third kappa shape index (κ3) is 2.88. The molecule has 0 amide bonds. The molecule has 0 aliphatic carbocycles. The number of ether oxygens (including phenoxy) is 1. The fraction of sp³-hybridized carbons (Fsp3) is 0.533. The molecular weight excluding hydrogens is 258 g/mol. The number of Topliss-reactive ketones (excluding diaryl/α,β-unsaturated/α-hetero) is 1. The second-order valence-corrected chi connectivity index (χ2v) is 5.50. The summed E-state index contributed by atoms with van der Waals surface area (Å²) in [7, 11) is 0. The number of hydrogen-bond donors (Lipinski definition) is 0. The molecule has 1 aliphatic heterocycles. The van der Waals surface area contributed by atoms with Gasteiger partial charge in [-0.25, -0.2) is 0 Å². The Balaban J connectivity index is 2.06. The Morgan fingerprint density at radius 3 is 2.25 bits per heavy atom. The van der Waals surface area contributed by atoms with E-state index in [-0.39, 0.29) is 35.5 Å². The highest BCUT2D eigenvalue weighted by Crippen LogP contribution is 2.33. The van der Waals surface area contributed by atoms with Crippen molar-refractivity contribution < 1.29 is 14.5 Å². The molecule has 1 heterocycles. The number of nitro groups is 1. The van der Waals surface area contributed by atoms with Crippen LogP contribution in [0.25, 0.3) is 0 Å². The molecule has 20 heavy (non-hydrogen) atoms. The minimum Gasteiger partial charge on any atom is -0.375 e. The van der Waals surface area contributed by atoms with E-state index >= 15 is 0 Å². The van der Waals surface area contributed by atoms with Crippen molar-refractivity contribution in [2.45, 2.75) is 39.4 Å². The van der Waals surface area contributed by atoms with Gasteiger partial charge in [-0.15, -0.1) is 0 Å². The molecule has 0 bridgehead atoms. The Labute approximate surface area is 118 Å². The van der Waals surface area contributed by atoms with E-state index < -0.39 is 4.92 Å². The van der Waals surface area contributed by atoms with Gasteiger partial charge in [0, 0.05) is 24.5 Å². The fourth-order valence-corrected chi connectivity index (χ4v) is 2.88. The SMILES string of the molecule is CC1OC(C)C(C(=O)Cc2ccc([N+](=O)[O-])cc2)C1C. The van der Waals surface area contributed by atoms with Crippen LogP contribution in [-0.4, -0.2) is 22.9 Å². The van der Waals surface area contributed by atoms with E-state index in [4.69, 9.17) is 4.74 Å². The summed E-state index contributed by atoms with van der Waals surface area (Å²) in [6, 6.07) is 6.15. The summed E-state index contributed by atoms with van der Waals surface area (Å²) >= 11 is 0. The Kier molecular flexibility index (Phi) is 4.18. The maximum atomic E-state index is 12.4. The van der Waals surface area contributed by atoms with E-state index in [1.54, 1.807) is 12.1 Å². The minimum absolute atomic E-state index is 0.0424. The van der Waals surface area contributed by atoms with Gasteiger partial charge in [-0.2, -0.15) is 0 Å². The highest BCUT2D eigenvalue weighted by Gasteiger charge is 2.40. The summed E-state index contributed by atoms with van der Waals surface area (Å²) in [5.41, 5.74) is 0.848. The zero-order chi connectivity index (χ0) is 14.9. The number of ketones is 1. The second kappa shape index (κ2) is 5.71. The molecule has 1 aliphatic rings. The van der Waals surface area contributed by atoms with Gasteiger partial charge >= 0.3 is 0 Å². The van der Waals surface area contributed by atoms with Gasteiger partial charge in [-0.05, 0) is 25.3 Å². The summed E-state index contributed by atoms with van der Waals surface area (Å²) in [4.78, 5) is 22.5. The van der Waals surface area contributed by atoms with Gasteiger partial charge in [0.15, 0.2) is 0 Å². The molecule has 4 unspecified atom stereocenters. The van der Waals surface area contributed by atoms with Crippen LogP contribution in [0.3, 0.4) is 0 Å². The normalized spacial score (nSPS) is 29.4. The summed E-state index contributed by atoms with van der Waals surface area (Å²) < 4.78 is 5.69. The smallest absolute Gasteiger partial charge is 0.269 e. The first-order valence-electron chi connectivity index (χ1n) is 6.81. The first-order chi connectivity index (χ1) is 9.40. The van der Waals surface area contributed by atoms with Gasteiger partial charge in [-0.1, -0.05) is 19.1 Å². The van der Waals surface area contributed by atoms with E-state index in [1.807, 2.05) is 20.8 Å². The number of carbonyl (C=O) groups is 1. The van der Waals surface area contributed by atoms with Crippen molar-refractivity contribution in [1.29, 1.82) is 0 Å². The Morgan fingerprint density at radius 1 is 1.20 bits per heavy atom. The van der Waals surface area contributed by atoms with Gasteiger partial charge in [0.2, 0.25) is 0 Å². The van der Waals surface area contributed by atoms with Crippen LogP contribution in [0.4, 0.5) is 5.69 Å². The van der Waals surface area contributed by atoms with E-state index in [9.17, 15) is 14.9 Å². The minimum atomic E-state index is -0.442. The lowest BCUT2D eigenvalue weighted by molar-refractivity contribution is -0.384. The van der Waals surface area contributed by atoms with Crippen LogP contribution in [0.15, 0.2) is 24.3 Å². The van der Waals surface area contributed by atoms with Crippen molar-refractivity contribution in [3.8, 4) is 0 Å². The number of rotatable bonds is 4. The molecule has 0 radical (unpaired) electrons. The average Bonchev–Trinajstić information content (AvgIpc) is 2.63. The highest BCUT2D eigenvalue weighted by atomic mass is 16.6. The van der Waals surface area contributed by atoms with Gasteiger partial charge in [0.05, 0.1) is 17.1 Å². The molecule has 1 fully saturated rings. The number of non-ortho nitro benzene ring substituents is 1. The van der Waals surface area contributed by atoms with Crippen LogP contribution in [0.5, 0.6) is 0 Å². The molecule has 0 saturated carbocycles. The molecular formula is C15H19NO4. The quantitative estimate of drug-likeness (QED) is 0.626. The topological polar surface area (TPSA) is 69.4 Å². The van der Waals surface area contributed by atoms with Gasteiger partial charge < -0.3 is 4.74 Å². The maximum absolute atomic E-state index is 12.4. The van der Waals surface area contributed by atoms with Crippen LogP contribution in [0.1, 0.15) is 26.3 Å². The number of carbonyl (C=O) groups excluding carboxylic acids is 1. The standard InChI is InChI=1S/C15H19NO4/c1-9-10(2)20-11(3)15(9)14(17)8-12-4-6-13(7-5-12)16(18)19/h4-7,9-11,15H,8H2,1-3H3. The van der Waals surface area contributed by atoms with Gasteiger partial charge in [-0.3, -0.25) is 14.9 Å². The predicted octanol–water partition coefficient (Wildman–Crippen LogP) is 2.77. The van der Waals surface area contributed by atoms with Crippen LogP contribution in [0, 0.1) is 22.0 Å². The third-order valence-corrected chi connectivity index (χ3v) is 4.14. The predicted molar refractivity (Wildman–Crippen MR) is 74.5 cm³/mol. The van der Waals surface area contributed by atoms with Crippen molar-refractivity contribution in [1.82, 2.24) is 0 Å². The molecule has 108 valence electrons. The van der Waals surface area contributed by atoms with Gasteiger partial charge in [0.1, 0.15) is 5.78 Å². The average molecular weight is 277 g/mol. The third-order valence-electron chi connectivity index (χ3n) is 4.14. The maximum Gasteiger partial charge on any atom is 0.269 e. The van der Waals surface area contributed by atoms with E-state index in [0.29, 0.717) is 6.42 Å². The molecule has 1 aromatic rings. The summed E-state index contributed by atoms with van der Waals surface area (Å²) in [6.07, 6.45) is 0.328. The van der Waals surface area contributed by atoms with Crippen molar-refractivity contribution in [2.75, 3.05) is 0 Å². The van der Waals surface area contributed by atoms with E-state index in [2.05, 4.69) is 0 Å². The Bertz CT molecular complexity index is 511. The first-order valence-corrected chi connectivity index (χ1v) is 6.81. The van der Waals surface area contributed by atoms with Crippen molar-refractivity contribution in [3.63, 3.8) is 0 Å². The first kappa shape index (κ1) is 14.7. The molecule has 4 atom stereocenters. The van der Waals surface area contributed by atoms with Crippen LogP contribution in [-0.2, 0) is 16.0 Å². The van der Waals surface area contributed by atoms with Gasteiger partial charge in [0.25, 0.3) is 5.69 Å².